The van der Waals surface area contributed by atoms with E-state index in [1.165, 1.54) is 4.88 Å². The minimum atomic E-state index is -0.0697. The van der Waals surface area contributed by atoms with Crippen molar-refractivity contribution in [2.45, 2.75) is 13.0 Å². The van der Waals surface area contributed by atoms with Crippen LogP contribution in [0.2, 0.25) is 0 Å². The predicted octanol–water partition coefficient (Wildman–Crippen LogP) is 1.69. The Morgan fingerprint density at radius 2 is 2.04 bits per heavy atom. The molecule has 0 radical (unpaired) electrons. The van der Waals surface area contributed by atoms with E-state index in [0.29, 0.717) is 24.6 Å². The van der Waals surface area contributed by atoms with Gasteiger partial charge in [0.25, 0.3) is 5.91 Å². The monoisotopic (exact) mass is 373 g/mol. The molecule has 0 unspecified atom stereocenters. The Labute approximate surface area is 159 Å². The third kappa shape index (κ3) is 7.25. The van der Waals surface area contributed by atoms with Crippen molar-refractivity contribution in [1.29, 1.82) is 0 Å². The Morgan fingerprint density at radius 1 is 1.19 bits per heavy atom. The summed E-state index contributed by atoms with van der Waals surface area (Å²) in [6.07, 6.45) is 0.927. The molecule has 1 aromatic heterocycles. The standard InChI is InChI=1S/C19H27N5OS/c1-24(2)11-10-21-18(25)16-6-3-5-15(13-16)14-23-19(20)22-9-8-17-7-4-12-26-17/h3-7,12-13H,8-11,14H2,1-2H3,(H,21,25)(H3,20,22,23). The summed E-state index contributed by atoms with van der Waals surface area (Å²) < 4.78 is 0. The lowest BCUT2D eigenvalue weighted by molar-refractivity contribution is 0.0951. The molecule has 26 heavy (non-hydrogen) atoms. The number of nitrogens with one attached hydrogen (secondary N) is 2. The molecule has 0 bridgehead atoms. The van der Waals surface area contributed by atoms with Crippen LogP contribution in [0.1, 0.15) is 20.8 Å². The molecule has 0 aliphatic carbocycles. The van der Waals surface area contributed by atoms with E-state index in [1.54, 1.807) is 17.4 Å². The summed E-state index contributed by atoms with van der Waals surface area (Å²) in [6, 6.07) is 11.6. The van der Waals surface area contributed by atoms with Crippen LogP contribution in [-0.4, -0.2) is 50.5 Å². The third-order valence-corrected chi connectivity index (χ3v) is 4.66. The molecule has 2 aromatic rings. The summed E-state index contributed by atoms with van der Waals surface area (Å²) in [6.45, 7) is 2.62. The summed E-state index contributed by atoms with van der Waals surface area (Å²) in [5.74, 6) is 0.349. The van der Waals surface area contributed by atoms with Crippen molar-refractivity contribution in [1.82, 2.24) is 15.5 Å². The van der Waals surface area contributed by atoms with Crippen molar-refractivity contribution in [2.24, 2.45) is 10.7 Å². The lowest BCUT2D eigenvalue weighted by Gasteiger charge is -2.10. The minimum absolute atomic E-state index is 0.0697. The second-order valence-electron chi connectivity index (χ2n) is 6.22. The van der Waals surface area contributed by atoms with Crippen LogP contribution in [-0.2, 0) is 13.0 Å². The number of carbonyl (C=O) groups excluding carboxylic acids is 1. The molecule has 140 valence electrons. The number of likely N-dealkylation sites (N-methyl/N-ethyl adjacent to an activating group) is 1. The normalized spacial score (nSPS) is 11.6. The van der Waals surface area contributed by atoms with Gasteiger partial charge >= 0.3 is 0 Å². The zero-order valence-corrected chi connectivity index (χ0v) is 16.2. The van der Waals surface area contributed by atoms with Gasteiger partial charge in [0, 0.05) is 30.1 Å². The van der Waals surface area contributed by atoms with E-state index < -0.39 is 0 Å². The van der Waals surface area contributed by atoms with Crippen LogP contribution in [0.4, 0.5) is 0 Å². The van der Waals surface area contributed by atoms with Gasteiger partial charge in [-0.3, -0.25) is 4.79 Å². The molecule has 4 N–H and O–H groups in total. The molecule has 2 rings (SSSR count). The smallest absolute Gasteiger partial charge is 0.251 e. The van der Waals surface area contributed by atoms with Gasteiger partial charge < -0.3 is 21.3 Å². The molecule has 0 fully saturated rings. The van der Waals surface area contributed by atoms with E-state index in [1.807, 2.05) is 43.3 Å². The van der Waals surface area contributed by atoms with E-state index in [9.17, 15) is 4.79 Å². The van der Waals surface area contributed by atoms with Crippen molar-refractivity contribution in [3.05, 3.63) is 57.8 Å². The first-order valence-corrected chi connectivity index (χ1v) is 9.50. The summed E-state index contributed by atoms with van der Waals surface area (Å²) in [7, 11) is 3.95. The molecule has 6 nitrogen and oxygen atoms in total. The van der Waals surface area contributed by atoms with Gasteiger partial charge in [-0.05, 0) is 49.7 Å². The Morgan fingerprint density at radius 3 is 2.77 bits per heavy atom. The number of thiophene rings is 1. The topological polar surface area (TPSA) is 82.8 Å². The minimum Gasteiger partial charge on any atom is -0.370 e. The molecule has 1 amide bonds. The van der Waals surface area contributed by atoms with Crippen molar-refractivity contribution < 1.29 is 4.79 Å². The van der Waals surface area contributed by atoms with Crippen molar-refractivity contribution in [2.75, 3.05) is 33.7 Å². The first kappa shape index (κ1) is 19.9. The number of guanidine groups is 1. The predicted molar refractivity (Wildman–Crippen MR) is 109 cm³/mol. The van der Waals surface area contributed by atoms with Gasteiger partial charge in [0.05, 0.1) is 6.54 Å². The maximum Gasteiger partial charge on any atom is 0.251 e. The second kappa shape index (κ2) is 10.6. The fourth-order valence-corrected chi connectivity index (χ4v) is 3.02. The average Bonchev–Trinajstić information content (AvgIpc) is 3.13. The molecule has 0 saturated carbocycles. The highest BCUT2D eigenvalue weighted by atomic mass is 32.1. The van der Waals surface area contributed by atoms with Crippen LogP contribution in [0.3, 0.4) is 0 Å². The van der Waals surface area contributed by atoms with Gasteiger partial charge in [-0.1, -0.05) is 18.2 Å². The van der Waals surface area contributed by atoms with Gasteiger partial charge in [-0.2, -0.15) is 0 Å². The lowest BCUT2D eigenvalue weighted by Crippen LogP contribution is -2.33. The van der Waals surface area contributed by atoms with Crippen LogP contribution < -0.4 is 16.4 Å². The SMILES string of the molecule is CN(C)CCNC(=O)c1cccc(CN=C(N)NCCc2cccs2)c1. The van der Waals surface area contributed by atoms with Crippen LogP contribution >= 0.6 is 11.3 Å². The lowest BCUT2D eigenvalue weighted by atomic mass is 10.1. The molecule has 0 atom stereocenters. The second-order valence-corrected chi connectivity index (χ2v) is 7.25. The first-order chi connectivity index (χ1) is 12.5. The molecule has 1 aromatic carbocycles. The van der Waals surface area contributed by atoms with Crippen molar-refractivity contribution in [3.8, 4) is 0 Å². The van der Waals surface area contributed by atoms with Crippen LogP contribution in [0.5, 0.6) is 0 Å². The molecular formula is C19H27N5OS. The number of benzene rings is 1. The number of nitrogens with two attached hydrogens (primary N) is 1. The zero-order valence-electron chi connectivity index (χ0n) is 15.4. The number of nitrogens with zero attached hydrogens (tertiary/aromatic N) is 2. The molecule has 0 spiro atoms. The Hall–Kier alpha value is -2.38. The summed E-state index contributed by atoms with van der Waals surface area (Å²) in [5.41, 5.74) is 7.50. The molecule has 0 saturated heterocycles. The van der Waals surface area contributed by atoms with Gasteiger partial charge in [0.1, 0.15) is 0 Å². The van der Waals surface area contributed by atoms with Gasteiger partial charge in [0.2, 0.25) is 0 Å². The molecule has 7 heteroatoms. The molecule has 0 aliphatic rings. The number of hydrogen-bond donors (Lipinski definition) is 3. The maximum atomic E-state index is 12.2. The summed E-state index contributed by atoms with van der Waals surface area (Å²) >= 11 is 1.73. The van der Waals surface area contributed by atoms with E-state index in [0.717, 1.165) is 25.1 Å². The van der Waals surface area contributed by atoms with E-state index in [2.05, 4.69) is 27.1 Å². The third-order valence-electron chi connectivity index (χ3n) is 3.72. The summed E-state index contributed by atoms with van der Waals surface area (Å²) in [5, 5.41) is 8.09. The highest BCUT2D eigenvalue weighted by molar-refractivity contribution is 7.09. The fourth-order valence-electron chi connectivity index (χ4n) is 2.31. The highest BCUT2D eigenvalue weighted by Crippen LogP contribution is 2.08. The van der Waals surface area contributed by atoms with E-state index in [4.69, 9.17) is 5.73 Å². The highest BCUT2D eigenvalue weighted by Gasteiger charge is 2.06. The quantitative estimate of drug-likeness (QED) is 0.461. The van der Waals surface area contributed by atoms with Crippen molar-refractivity contribution >= 4 is 23.2 Å². The van der Waals surface area contributed by atoms with Crippen LogP contribution in [0.25, 0.3) is 0 Å². The number of carbonyl (C=O) groups is 1. The number of aliphatic imine (C=N–C) groups is 1. The zero-order chi connectivity index (χ0) is 18.8. The number of rotatable bonds is 9. The molecule has 1 heterocycles. The Bertz CT molecular complexity index is 712. The maximum absolute atomic E-state index is 12.2. The van der Waals surface area contributed by atoms with Crippen LogP contribution in [0, 0.1) is 0 Å². The van der Waals surface area contributed by atoms with Crippen LogP contribution in [0.15, 0.2) is 46.8 Å². The van der Waals surface area contributed by atoms with E-state index in [-0.39, 0.29) is 5.91 Å². The van der Waals surface area contributed by atoms with E-state index >= 15 is 0 Å². The first-order valence-electron chi connectivity index (χ1n) is 8.62. The van der Waals surface area contributed by atoms with Gasteiger partial charge in [-0.25, -0.2) is 4.99 Å². The average molecular weight is 374 g/mol. The summed E-state index contributed by atoms with van der Waals surface area (Å²) in [4.78, 5) is 19.9. The Balaban J connectivity index is 1.80. The van der Waals surface area contributed by atoms with Crippen molar-refractivity contribution in [3.63, 3.8) is 0 Å². The Kier molecular flexibility index (Phi) is 8.11. The van der Waals surface area contributed by atoms with Gasteiger partial charge in [0.15, 0.2) is 5.96 Å². The molecule has 0 aliphatic heterocycles. The number of hydrogen-bond acceptors (Lipinski definition) is 4. The number of amides is 1. The largest absolute Gasteiger partial charge is 0.370 e. The fraction of sp³-hybridized carbons (Fsp3) is 0.368. The van der Waals surface area contributed by atoms with Gasteiger partial charge in [-0.15, -0.1) is 11.3 Å². The molecular weight excluding hydrogens is 346 g/mol.